The molecule has 1 aliphatic rings. The Labute approximate surface area is 207 Å². The van der Waals surface area contributed by atoms with Gasteiger partial charge in [-0.05, 0) is 63.1 Å². The van der Waals surface area contributed by atoms with E-state index in [1.54, 1.807) is 24.3 Å². The van der Waals surface area contributed by atoms with Gasteiger partial charge in [0.1, 0.15) is 13.2 Å². The van der Waals surface area contributed by atoms with Crippen molar-refractivity contribution in [3.8, 4) is 0 Å². The van der Waals surface area contributed by atoms with Gasteiger partial charge in [0.05, 0.1) is 6.61 Å². The zero-order valence-corrected chi connectivity index (χ0v) is 21.1. The maximum atomic E-state index is 12.3. The Morgan fingerprint density at radius 3 is 1.46 bits per heavy atom. The van der Waals surface area contributed by atoms with E-state index in [4.69, 9.17) is 9.47 Å². The van der Waals surface area contributed by atoms with Crippen LogP contribution >= 0.6 is 0 Å². The molecule has 3 rings (SSSR count). The van der Waals surface area contributed by atoms with Gasteiger partial charge >= 0.3 is 0 Å². The van der Waals surface area contributed by atoms with Crippen molar-refractivity contribution in [2.24, 2.45) is 0 Å². The van der Waals surface area contributed by atoms with Crippen molar-refractivity contribution in [2.45, 2.75) is 45.2 Å². The van der Waals surface area contributed by atoms with E-state index in [-0.39, 0.29) is 19.0 Å². The second-order valence-electron chi connectivity index (χ2n) is 8.72. The van der Waals surface area contributed by atoms with Gasteiger partial charge in [-0.15, -0.1) is 0 Å². The van der Waals surface area contributed by atoms with E-state index in [1.807, 2.05) is 24.3 Å². The lowest BCUT2D eigenvalue weighted by atomic mass is 9.72. The number of ether oxygens (including phenoxy) is 2. The summed E-state index contributed by atoms with van der Waals surface area (Å²) >= 11 is 0. The number of nitrogens with zero attached hydrogens (tertiary/aromatic N) is 2. The monoisotopic (exact) mass is 486 g/mol. The average molecular weight is 487 g/mol. The molecule has 1 saturated heterocycles. The Kier molecular flexibility index (Phi) is 8.90. The summed E-state index contributed by atoms with van der Waals surface area (Å²) < 4.78 is 10.9. The maximum Gasteiger partial charge on any atom is 0.193 e. The van der Waals surface area contributed by atoms with E-state index in [0.29, 0.717) is 11.1 Å². The fourth-order valence-corrected chi connectivity index (χ4v) is 4.73. The summed E-state index contributed by atoms with van der Waals surface area (Å²) in [5, 5.41) is 34.5. The molecule has 192 valence electrons. The highest BCUT2D eigenvalue weighted by molar-refractivity contribution is 5.81. The number of aliphatic hydroxyl groups is 3. The number of hydrogen-bond acceptors (Lipinski definition) is 8. The summed E-state index contributed by atoms with van der Waals surface area (Å²) in [7, 11) is 0. The molecule has 1 unspecified atom stereocenters. The van der Waals surface area contributed by atoms with Crippen LogP contribution < -0.4 is 9.80 Å². The molecule has 1 aliphatic heterocycles. The van der Waals surface area contributed by atoms with Gasteiger partial charge in [-0.3, -0.25) is 4.79 Å². The van der Waals surface area contributed by atoms with E-state index in [0.717, 1.165) is 37.6 Å². The highest BCUT2D eigenvalue weighted by Gasteiger charge is 2.58. The van der Waals surface area contributed by atoms with Gasteiger partial charge in [0.2, 0.25) is 0 Å². The number of aliphatic hydroxyl groups excluding tert-OH is 1. The largest absolute Gasteiger partial charge is 0.393 e. The van der Waals surface area contributed by atoms with Crippen molar-refractivity contribution in [1.82, 2.24) is 0 Å². The van der Waals surface area contributed by atoms with Gasteiger partial charge in [-0.25, -0.2) is 0 Å². The van der Waals surface area contributed by atoms with Gasteiger partial charge in [-0.1, -0.05) is 24.3 Å². The fraction of sp³-hybridized carbons (Fsp3) is 0.519. The third-order valence-electron chi connectivity index (χ3n) is 6.88. The molecule has 1 fully saturated rings. The van der Waals surface area contributed by atoms with Crippen LogP contribution in [0, 0.1) is 0 Å². The van der Waals surface area contributed by atoms with Crippen LogP contribution in [-0.2, 0) is 19.9 Å². The number of carbonyl (C=O) groups is 1. The molecule has 0 aromatic heterocycles. The molecule has 8 nitrogen and oxygen atoms in total. The number of benzene rings is 2. The van der Waals surface area contributed by atoms with Crippen LogP contribution in [0.3, 0.4) is 0 Å². The molecule has 1 atom stereocenters. The molecular weight excluding hydrogens is 448 g/mol. The number of anilines is 2. The molecule has 0 amide bonds. The fourth-order valence-electron chi connectivity index (χ4n) is 4.73. The zero-order chi connectivity index (χ0) is 25.6. The number of Topliss-reactive ketones (excluding diaryl/α,β-unsaturated/α-hetero) is 1. The van der Waals surface area contributed by atoms with E-state index >= 15 is 0 Å². The van der Waals surface area contributed by atoms with Crippen molar-refractivity contribution in [3.05, 3.63) is 59.7 Å². The van der Waals surface area contributed by atoms with Crippen molar-refractivity contribution in [2.75, 3.05) is 55.8 Å². The van der Waals surface area contributed by atoms with E-state index in [2.05, 4.69) is 37.5 Å². The van der Waals surface area contributed by atoms with Gasteiger partial charge in [0, 0.05) is 37.6 Å². The zero-order valence-electron chi connectivity index (χ0n) is 21.1. The molecule has 0 aliphatic carbocycles. The quantitative estimate of drug-likeness (QED) is 0.445. The van der Waals surface area contributed by atoms with Gasteiger partial charge in [0.25, 0.3) is 0 Å². The molecule has 0 bridgehead atoms. The number of carbonyl (C=O) groups excluding carboxylic acids is 1. The van der Waals surface area contributed by atoms with Gasteiger partial charge in [-0.2, -0.15) is 0 Å². The van der Waals surface area contributed by atoms with E-state index in [1.165, 1.54) is 0 Å². The minimum atomic E-state index is -2.29. The predicted octanol–water partition coefficient (Wildman–Crippen LogP) is 2.28. The number of ketones is 1. The first-order valence-corrected chi connectivity index (χ1v) is 12.3. The molecule has 2 aromatic rings. The topological polar surface area (TPSA) is 103 Å². The third kappa shape index (κ3) is 5.08. The summed E-state index contributed by atoms with van der Waals surface area (Å²) in [6.07, 6.45) is -1.42. The molecule has 0 spiro atoms. The predicted molar refractivity (Wildman–Crippen MR) is 136 cm³/mol. The molecule has 1 heterocycles. The van der Waals surface area contributed by atoms with Crippen LogP contribution in [0.5, 0.6) is 0 Å². The summed E-state index contributed by atoms with van der Waals surface area (Å²) in [5.41, 5.74) is -1.71. The summed E-state index contributed by atoms with van der Waals surface area (Å²) in [6.45, 7) is 10.1. The average Bonchev–Trinajstić information content (AvgIpc) is 2.90. The number of hydrogen-bond donors (Lipinski definition) is 3. The maximum absolute atomic E-state index is 12.3. The molecule has 8 heteroatoms. The van der Waals surface area contributed by atoms with Crippen LogP contribution in [0.2, 0.25) is 0 Å². The smallest absolute Gasteiger partial charge is 0.193 e. The third-order valence-corrected chi connectivity index (χ3v) is 6.88. The summed E-state index contributed by atoms with van der Waals surface area (Å²) in [6, 6.07) is 14.5. The van der Waals surface area contributed by atoms with Crippen molar-refractivity contribution >= 4 is 17.2 Å². The minimum Gasteiger partial charge on any atom is -0.393 e. The highest BCUT2D eigenvalue weighted by Crippen LogP contribution is 2.44. The lowest BCUT2D eigenvalue weighted by Gasteiger charge is -2.47. The highest BCUT2D eigenvalue weighted by atomic mass is 16.7. The van der Waals surface area contributed by atoms with Crippen LogP contribution in [-0.4, -0.2) is 79.0 Å². The second-order valence-corrected chi connectivity index (χ2v) is 8.72. The van der Waals surface area contributed by atoms with Crippen LogP contribution in [0.15, 0.2) is 48.5 Å². The van der Waals surface area contributed by atoms with E-state index in [9.17, 15) is 20.1 Å². The van der Waals surface area contributed by atoms with E-state index < -0.39 is 24.1 Å². The van der Waals surface area contributed by atoms with Crippen molar-refractivity contribution in [3.63, 3.8) is 0 Å². The lowest BCUT2D eigenvalue weighted by Crippen LogP contribution is -2.65. The molecule has 0 radical (unpaired) electrons. The normalized spacial score (nSPS) is 16.7. The molecule has 35 heavy (non-hydrogen) atoms. The molecular formula is C27H38N2O6. The first kappa shape index (κ1) is 27.1. The summed E-state index contributed by atoms with van der Waals surface area (Å²) in [5.74, 6) is -0.280. The number of rotatable bonds is 11. The summed E-state index contributed by atoms with van der Waals surface area (Å²) in [4.78, 5) is 16.0. The second kappa shape index (κ2) is 11.5. The van der Waals surface area contributed by atoms with Crippen LogP contribution in [0.4, 0.5) is 11.4 Å². The Morgan fingerprint density at radius 2 is 1.14 bits per heavy atom. The van der Waals surface area contributed by atoms with Gasteiger partial charge in [0.15, 0.2) is 23.3 Å². The van der Waals surface area contributed by atoms with Crippen LogP contribution in [0.25, 0.3) is 0 Å². The van der Waals surface area contributed by atoms with Crippen LogP contribution in [0.1, 0.15) is 38.8 Å². The first-order chi connectivity index (χ1) is 16.8. The van der Waals surface area contributed by atoms with Gasteiger partial charge < -0.3 is 34.6 Å². The minimum absolute atomic E-state index is 0.273. The molecule has 0 saturated carbocycles. The molecule has 3 N–H and O–H groups in total. The Bertz CT molecular complexity index is 891. The molecule has 2 aromatic carbocycles. The van der Waals surface area contributed by atoms with Crippen molar-refractivity contribution < 1.29 is 29.6 Å². The van der Waals surface area contributed by atoms with Crippen molar-refractivity contribution in [1.29, 1.82) is 0 Å². The standard InChI is InChI=1S/C27H38N2O6/c1-5-28(6-2)22-13-9-20(10-14-22)27(33,21-11-15-23(16-12-21)29(7-3)8-4)26(32,19-30)25-34-17-24(31)18-35-25/h9-16,25,30,32-33H,5-8,17-19H2,1-4H3. The SMILES string of the molecule is CCN(CC)c1ccc(C(O)(c2ccc(N(CC)CC)cc2)C(O)(CO)C2OCC(=O)CO2)cc1. The first-order valence-electron chi connectivity index (χ1n) is 12.3. The Hall–Kier alpha value is -2.49. The Morgan fingerprint density at radius 1 is 0.771 bits per heavy atom. The lowest BCUT2D eigenvalue weighted by molar-refractivity contribution is -0.304. The Balaban J connectivity index is 2.13.